The van der Waals surface area contributed by atoms with Crippen LogP contribution in [0.2, 0.25) is 0 Å². The van der Waals surface area contributed by atoms with Gasteiger partial charge in [-0.3, -0.25) is 4.79 Å². The second kappa shape index (κ2) is 4.01. The molecule has 0 aliphatic rings. The highest BCUT2D eigenvalue weighted by Gasteiger charge is 2.08. The van der Waals surface area contributed by atoms with E-state index in [1.807, 2.05) is 0 Å². The number of nitrogens with zero attached hydrogens (tertiary/aromatic N) is 4. The van der Waals surface area contributed by atoms with Gasteiger partial charge in [-0.2, -0.15) is 0 Å². The molecular weight excluding hydrogens is 200 g/mol. The number of aromatic nitrogens is 4. The Morgan fingerprint density at radius 3 is 2.79 bits per heavy atom. The largest absolute Gasteiger partial charge is 0.294 e. The zero-order valence-electron chi connectivity index (χ0n) is 7.12. The first-order chi connectivity index (χ1) is 6.86. The monoisotopic (exact) mass is 206 g/mol. The van der Waals surface area contributed by atoms with Crippen molar-refractivity contribution in [2.45, 2.75) is 6.42 Å². The molecule has 2 heterocycles. The summed E-state index contributed by atoms with van der Waals surface area (Å²) in [4.78, 5) is 19.1. The van der Waals surface area contributed by atoms with Crippen LogP contribution in [0.25, 0.3) is 0 Å². The minimum Gasteiger partial charge on any atom is -0.294 e. The maximum absolute atomic E-state index is 11.6. The van der Waals surface area contributed by atoms with Crippen molar-refractivity contribution < 1.29 is 4.79 Å². The van der Waals surface area contributed by atoms with Crippen molar-refractivity contribution in [3.63, 3.8) is 0 Å². The lowest BCUT2D eigenvalue weighted by molar-refractivity contribution is 0.0991. The Bertz CT molecular complexity index is 414. The van der Waals surface area contributed by atoms with Gasteiger partial charge in [0.05, 0.1) is 17.7 Å². The molecule has 0 aliphatic carbocycles. The third-order valence-corrected chi connectivity index (χ3v) is 2.18. The number of carbonyl (C=O) groups is 1. The molecule has 0 aromatic carbocycles. The molecule has 5 nitrogen and oxygen atoms in total. The van der Waals surface area contributed by atoms with Crippen molar-refractivity contribution in [2.75, 3.05) is 0 Å². The van der Waals surface area contributed by atoms with E-state index >= 15 is 0 Å². The zero-order chi connectivity index (χ0) is 9.80. The Morgan fingerprint density at radius 2 is 2.14 bits per heavy atom. The second-order valence-corrected chi connectivity index (χ2v) is 3.23. The van der Waals surface area contributed by atoms with Crippen molar-refractivity contribution >= 4 is 17.3 Å². The van der Waals surface area contributed by atoms with Crippen LogP contribution in [0.4, 0.5) is 0 Å². The van der Waals surface area contributed by atoms with Gasteiger partial charge in [-0.15, -0.1) is 5.10 Å². The SMILES string of the molecule is O=C(Cc1csnn1)c1cncnc1. The van der Waals surface area contributed by atoms with Crippen LogP contribution >= 0.6 is 11.5 Å². The summed E-state index contributed by atoms with van der Waals surface area (Å²) >= 11 is 1.23. The number of hydrogen-bond donors (Lipinski definition) is 0. The number of rotatable bonds is 3. The topological polar surface area (TPSA) is 68.6 Å². The van der Waals surface area contributed by atoms with E-state index in [4.69, 9.17) is 0 Å². The van der Waals surface area contributed by atoms with Crippen LogP contribution in [0.1, 0.15) is 16.1 Å². The summed E-state index contributed by atoms with van der Waals surface area (Å²) in [5, 5.41) is 5.54. The van der Waals surface area contributed by atoms with Gasteiger partial charge in [0.25, 0.3) is 0 Å². The molecule has 2 aromatic rings. The molecule has 6 heteroatoms. The third-order valence-electron chi connectivity index (χ3n) is 1.63. The Balaban J connectivity index is 2.11. The number of hydrogen-bond acceptors (Lipinski definition) is 6. The molecular formula is C8H6N4OS. The van der Waals surface area contributed by atoms with Gasteiger partial charge < -0.3 is 0 Å². The summed E-state index contributed by atoms with van der Waals surface area (Å²) in [6, 6.07) is 0. The first kappa shape index (κ1) is 8.89. The Kier molecular flexibility index (Phi) is 2.55. The average molecular weight is 206 g/mol. The maximum atomic E-state index is 11.6. The predicted octanol–water partition coefficient (Wildman–Crippen LogP) is 0.754. The Labute approximate surface area is 84.0 Å². The Hall–Kier alpha value is -1.69. The van der Waals surface area contributed by atoms with Gasteiger partial charge in [0.1, 0.15) is 6.33 Å². The van der Waals surface area contributed by atoms with Gasteiger partial charge in [0.2, 0.25) is 0 Å². The van der Waals surface area contributed by atoms with Crippen molar-refractivity contribution in [3.05, 3.63) is 35.4 Å². The fourth-order valence-corrected chi connectivity index (χ4v) is 1.42. The van der Waals surface area contributed by atoms with E-state index in [0.717, 1.165) is 0 Å². The fourth-order valence-electron chi connectivity index (χ4n) is 0.971. The highest BCUT2D eigenvalue weighted by Crippen LogP contribution is 2.04. The van der Waals surface area contributed by atoms with Crippen molar-refractivity contribution in [1.29, 1.82) is 0 Å². The average Bonchev–Trinajstić information content (AvgIpc) is 2.72. The van der Waals surface area contributed by atoms with Crippen LogP contribution in [-0.4, -0.2) is 25.3 Å². The molecule has 0 fully saturated rings. The lowest BCUT2D eigenvalue weighted by Crippen LogP contribution is -2.04. The summed E-state index contributed by atoms with van der Waals surface area (Å²) in [5.41, 5.74) is 1.18. The maximum Gasteiger partial charge on any atom is 0.172 e. The molecule has 0 spiro atoms. The third kappa shape index (κ3) is 1.97. The van der Waals surface area contributed by atoms with Crippen molar-refractivity contribution in [3.8, 4) is 0 Å². The molecule has 0 amide bonds. The van der Waals surface area contributed by atoms with Gasteiger partial charge in [-0.25, -0.2) is 9.97 Å². The molecule has 0 bridgehead atoms. The molecule has 2 aromatic heterocycles. The molecule has 0 saturated heterocycles. The van der Waals surface area contributed by atoms with E-state index < -0.39 is 0 Å². The van der Waals surface area contributed by atoms with Crippen LogP contribution in [0, 0.1) is 0 Å². The molecule has 0 N–H and O–H groups in total. The van der Waals surface area contributed by atoms with Crippen molar-refractivity contribution in [1.82, 2.24) is 19.6 Å². The summed E-state index contributed by atoms with van der Waals surface area (Å²) < 4.78 is 3.68. The molecule has 0 atom stereocenters. The van der Waals surface area contributed by atoms with Gasteiger partial charge in [-0.1, -0.05) is 4.49 Å². The molecule has 2 rings (SSSR count). The summed E-state index contributed by atoms with van der Waals surface area (Å²) in [5.74, 6) is -0.0432. The summed E-state index contributed by atoms with van der Waals surface area (Å²) in [6.07, 6.45) is 4.63. The second-order valence-electron chi connectivity index (χ2n) is 2.62. The van der Waals surface area contributed by atoms with Gasteiger partial charge >= 0.3 is 0 Å². The summed E-state index contributed by atoms with van der Waals surface area (Å²) in [6.45, 7) is 0. The molecule has 14 heavy (non-hydrogen) atoms. The molecule has 0 aliphatic heterocycles. The van der Waals surface area contributed by atoms with E-state index in [1.165, 1.54) is 30.3 Å². The highest BCUT2D eigenvalue weighted by atomic mass is 32.1. The molecule has 0 saturated carbocycles. The lowest BCUT2D eigenvalue weighted by Gasteiger charge is -1.95. The minimum atomic E-state index is -0.0432. The van der Waals surface area contributed by atoms with Crippen LogP contribution < -0.4 is 0 Å². The zero-order valence-corrected chi connectivity index (χ0v) is 7.94. The number of Topliss-reactive ketones (excluding diaryl/α,β-unsaturated/α-hetero) is 1. The first-order valence-corrected chi connectivity index (χ1v) is 4.74. The van der Waals surface area contributed by atoms with Crippen LogP contribution in [-0.2, 0) is 6.42 Å². The minimum absolute atomic E-state index is 0.0432. The predicted molar refractivity (Wildman–Crippen MR) is 50.0 cm³/mol. The smallest absolute Gasteiger partial charge is 0.172 e. The fraction of sp³-hybridized carbons (Fsp3) is 0.125. The van der Waals surface area contributed by atoms with Gasteiger partial charge in [-0.05, 0) is 11.5 Å². The molecule has 0 unspecified atom stereocenters. The highest BCUT2D eigenvalue weighted by molar-refractivity contribution is 7.03. The van der Waals surface area contributed by atoms with Crippen LogP contribution in [0.15, 0.2) is 24.1 Å². The van der Waals surface area contributed by atoms with E-state index in [9.17, 15) is 4.79 Å². The van der Waals surface area contributed by atoms with Gasteiger partial charge in [0.15, 0.2) is 5.78 Å². The quantitative estimate of drug-likeness (QED) is 0.693. The number of carbonyl (C=O) groups excluding carboxylic acids is 1. The van der Waals surface area contributed by atoms with Crippen LogP contribution in [0.5, 0.6) is 0 Å². The first-order valence-electron chi connectivity index (χ1n) is 3.90. The van der Waals surface area contributed by atoms with Crippen molar-refractivity contribution in [2.24, 2.45) is 0 Å². The number of ketones is 1. The lowest BCUT2D eigenvalue weighted by atomic mass is 10.1. The Morgan fingerprint density at radius 1 is 1.36 bits per heavy atom. The van der Waals surface area contributed by atoms with E-state index in [-0.39, 0.29) is 12.2 Å². The van der Waals surface area contributed by atoms with E-state index in [0.29, 0.717) is 11.3 Å². The molecule has 70 valence electrons. The summed E-state index contributed by atoms with van der Waals surface area (Å²) in [7, 11) is 0. The standard InChI is InChI=1S/C8H6N4OS/c13-8(1-7-4-14-12-11-7)6-2-9-5-10-3-6/h2-5H,1H2. The molecule has 0 radical (unpaired) electrons. The van der Waals surface area contributed by atoms with E-state index in [2.05, 4.69) is 19.6 Å². The van der Waals surface area contributed by atoms with Crippen LogP contribution in [0.3, 0.4) is 0 Å². The van der Waals surface area contributed by atoms with E-state index in [1.54, 1.807) is 5.38 Å². The normalized spacial score (nSPS) is 10.0. The van der Waals surface area contributed by atoms with Gasteiger partial charge in [0, 0.05) is 17.8 Å².